The molecular formula is C12H6N2S. The van der Waals surface area contributed by atoms with Crippen LogP contribution in [0.4, 0.5) is 5.00 Å². The zero-order valence-electron chi connectivity index (χ0n) is 7.77. The minimum Gasteiger partial charge on any atom is -0.226 e. The van der Waals surface area contributed by atoms with Crippen LogP contribution in [0.15, 0.2) is 35.7 Å². The fourth-order valence-corrected chi connectivity index (χ4v) is 2.19. The van der Waals surface area contributed by atoms with Gasteiger partial charge in [0, 0.05) is 5.56 Å². The van der Waals surface area contributed by atoms with Crippen LogP contribution in [-0.4, -0.2) is 0 Å². The van der Waals surface area contributed by atoms with Crippen LogP contribution in [0.3, 0.4) is 0 Å². The largest absolute Gasteiger partial charge is 0.250 e. The molecule has 0 atom stereocenters. The second kappa shape index (κ2) is 3.96. The van der Waals surface area contributed by atoms with Crippen molar-refractivity contribution in [3.8, 4) is 17.2 Å². The monoisotopic (exact) mass is 210 g/mol. The zero-order valence-corrected chi connectivity index (χ0v) is 8.58. The lowest BCUT2D eigenvalue weighted by molar-refractivity contribution is 1.50. The SMILES string of the molecule is [C-]#[N+]c1scc(C#N)c1-c1ccccc1. The Bertz CT molecular complexity index is 524. The number of hydrogen-bond acceptors (Lipinski definition) is 2. The molecule has 1 aromatic heterocycles. The van der Waals surface area contributed by atoms with Crippen LogP contribution in [0.2, 0.25) is 0 Å². The lowest BCUT2D eigenvalue weighted by Crippen LogP contribution is -1.77. The number of rotatable bonds is 1. The van der Waals surface area contributed by atoms with Crippen molar-refractivity contribution in [2.45, 2.75) is 0 Å². The first-order chi connectivity index (χ1) is 7.36. The Morgan fingerprint density at radius 2 is 2.00 bits per heavy atom. The van der Waals surface area contributed by atoms with Crippen LogP contribution in [0.5, 0.6) is 0 Å². The number of benzene rings is 1. The van der Waals surface area contributed by atoms with Crippen molar-refractivity contribution in [3.05, 3.63) is 52.7 Å². The van der Waals surface area contributed by atoms with Gasteiger partial charge in [0.1, 0.15) is 0 Å². The third-order valence-electron chi connectivity index (χ3n) is 2.06. The first-order valence-electron chi connectivity index (χ1n) is 4.31. The summed E-state index contributed by atoms with van der Waals surface area (Å²) in [4.78, 5) is 3.43. The van der Waals surface area contributed by atoms with Crippen LogP contribution in [0, 0.1) is 17.9 Å². The van der Waals surface area contributed by atoms with Gasteiger partial charge in [0.2, 0.25) is 5.00 Å². The van der Waals surface area contributed by atoms with Gasteiger partial charge >= 0.3 is 0 Å². The van der Waals surface area contributed by atoms with Gasteiger partial charge in [-0.3, -0.25) is 0 Å². The highest BCUT2D eigenvalue weighted by molar-refractivity contribution is 7.15. The molecule has 3 heteroatoms. The first kappa shape index (κ1) is 9.45. The highest BCUT2D eigenvalue weighted by Gasteiger charge is 2.12. The second-order valence-electron chi connectivity index (χ2n) is 2.92. The van der Waals surface area contributed by atoms with Gasteiger partial charge in [-0.05, 0) is 10.9 Å². The maximum atomic E-state index is 8.94. The van der Waals surface area contributed by atoms with Crippen molar-refractivity contribution in [1.82, 2.24) is 0 Å². The standard InChI is InChI=1S/C12H6N2S/c1-14-12-11(10(7-13)8-15-12)9-5-3-2-4-6-9/h2-6,8H. The average Bonchev–Trinajstić information content (AvgIpc) is 2.72. The Labute approximate surface area is 91.9 Å². The summed E-state index contributed by atoms with van der Waals surface area (Å²) in [6, 6.07) is 11.7. The molecule has 0 saturated heterocycles. The third-order valence-corrected chi connectivity index (χ3v) is 2.93. The van der Waals surface area contributed by atoms with E-state index in [1.54, 1.807) is 5.38 Å². The van der Waals surface area contributed by atoms with Crippen LogP contribution in [0.25, 0.3) is 16.0 Å². The van der Waals surface area contributed by atoms with E-state index in [1.165, 1.54) is 11.3 Å². The van der Waals surface area contributed by atoms with E-state index in [2.05, 4.69) is 10.9 Å². The Balaban J connectivity index is 2.68. The normalized spacial score (nSPS) is 9.20. The number of hydrogen-bond donors (Lipinski definition) is 0. The summed E-state index contributed by atoms with van der Waals surface area (Å²) in [5.74, 6) is 0. The summed E-state index contributed by atoms with van der Waals surface area (Å²) in [5.41, 5.74) is 2.27. The van der Waals surface area contributed by atoms with Crippen molar-refractivity contribution < 1.29 is 0 Å². The minimum atomic E-state index is 0.581. The molecule has 0 saturated carbocycles. The zero-order chi connectivity index (χ0) is 10.7. The van der Waals surface area contributed by atoms with E-state index in [9.17, 15) is 0 Å². The van der Waals surface area contributed by atoms with Crippen LogP contribution in [-0.2, 0) is 0 Å². The quantitative estimate of drug-likeness (QED) is 0.657. The molecule has 0 unspecified atom stereocenters. The Morgan fingerprint density at radius 3 is 2.60 bits per heavy atom. The van der Waals surface area contributed by atoms with E-state index in [4.69, 9.17) is 11.8 Å². The first-order valence-corrected chi connectivity index (χ1v) is 5.19. The summed E-state index contributed by atoms with van der Waals surface area (Å²) in [6.07, 6.45) is 0. The molecule has 0 N–H and O–H groups in total. The molecule has 70 valence electrons. The van der Waals surface area contributed by atoms with E-state index >= 15 is 0 Å². The molecule has 1 aromatic carbocycles. The molecule has 2 aromatic rings. The molecule has 0 aliphatic carbocycles. The van der Waals surface area contributed by atoms with Crippen molar-refractivity contribution >= 4 is 16.3 Å². The fraction of sp³-hybridized carbons (Fsp3) is 0. The predicted molar refractivity (Wildman–Crippen MR) is 60.7 cm³/mol. The Hall–Kier alpha value is -2.10. The molecule has 0 spiro atoms. The van der Waals surface area contributed by atoms with E-state index in [-0.39, 0.29) is 0 Å². The Kier molecular flexibility index (Phi) is 2.49. The van der Waals surface area contributed by atoms with Crippen molar-refractivity contribution in [3.63, 3.8) is 0 Å². The molecule has 1 heterocycles. The molecule has 0 fully saturated rings. The van der Waals surface area contributed by atoms with Crippen molar-refractivity contribution in [2.75, 3.05) is 0 Å². The smallest absolute Gasteiger partial charge is 0.226 e. The van der Waals surface area contributed by atoms with Gasteiger partial charge < -0.3 is 0 Å². The highest BCUT2D eigenvalue weighted by Crippen LogP contribution is 2.38. The van der Waals surface area contributed by atoms with Crippen LogP contribution >= 0.6 is 11.3 Å². The molecule has 0 aliphatic rings. The molecular weight excluding hydrogens is 204 g/mol. The minimum absolute atomic E-state index is 0.581. The maximum absolute atomic E-state index is 8.94. The summed E-state index contributed by atoms with van der Waals surface area (Å²) >= 11 is 1.32. The predicted octanol–water partition coefficient (Wildman–Crippen LogP) is 3.84. The number of nitriles is 1. The molecule has 0 aliphatic heterocycles. The maximum Gasteiger partial charge on any atom is 0.250 e. The molecule has 0 bridgehead atoms. The topological polar surface area (TPSA) is 28.1 Å². The highest BCUT2D eigenvalue weighted by atomic mass is 32.1. The number of nitrogens with zero attached hydrogens (tertiary/aromatic N) is 2. The van der Waals surface area contributed by atoms with E-state index < -0.39 is 0 Å². The van der Waals surface area contributed by atoms with Crippen molar-refractivity contribution in [1.29, 1.82) is 5.26 Å². The Morgan fingerprint density at radius 1 is 1.27 bits per heavy atom. The molecule has 2 rings (SSSR count). The summed E-state index contributed by atoms with van der Waals surface area (Å²) in [5, 5.41) is 11.3. The van der Waals surface area contributed by atoms with Crippen molar-refractivity contribution in [2.24, 2.45) is 0 Å². The molecule has 0 amide bonds. The third kappa shape index (κ3) is 1.61. The van der Waals surface area contributed by atoms with E-state index in [0.29, 0.717) is 10.6 Å². The lowest BCUT2D eigenvalue weighted by Gasteiger charge is -1.99. The van der Waals surface area contributed by atoms with Gasteiger partial charge in [0.25, 0.3) is 0 Å². The van der Waals surface area contributed by atoms with E-state index in [0.717, 1.165) is 11.1 Å². The summed E-state index contributed by atoms with van der Waals surface area (Å²) in [6.45, 7) is 7.05. The van der Waals surface area contributed by atoms with Crippen LogP contribution in [0.1, 0.15) is 5.56 Å². The molecule has 15 heavy (non-hydrogen) atoms. The number of thiophene rings is 1. The van der Waals surface area contributed by atoms with E-state index in [1.807, 2.05) is 30.3 Å². The van der Waals surface area contributed by atoms with Gasteiger partial charge in [-0.15, -0.1) is 0 Å². The average molecular weight is 210 g/mol. The molecule has 2 nitrogen and oxygen atoms in total. The van der Waals surface area contributed by atoms with Gasteiger partial charge in [-0.2, -0.15) is 16.6 Å². The second-order valence-corrected chi connectivity index (χ2v) is 3.78. The molecule has 0 radical (unpaired) electrons. The lowest BCUT2D eigenvalue weighted by atomic mass is 10.0. The summed E-state index contributed by atoms with van der Waals surface area (Å²) in [7, 11) is 0. The van der Waals surface area contributed by atoms with Crippen LogP contribution < -0.4 is 0 Å². The fourth-order valence-electron chi connectivity index (χ4n) is 1.40. The van der Waals surface area contributed by atoms with Gasteiger partial charge in [0.15, 0.2) is 0 Å². The van der Waals surface area contributed by atoms with Gasteiger partial charge in [0.05, 0.1) is 18.2 Å². The van der Waals surface area contributed by atoms with Gasteiger partial charge in [-0.25, -0.2) is 4.85 Å². The van der Waals surface area contributed by atoms with Gasteiger partial charge in [-0.1, -0.05) is 30.3 Å². The summed E-state index contributed by atoms with van der Waals surface area (Å²) < 4.78 is 0.